The Hall–Kier alpha value is -6.30. The van der Waals surface area contributed by atoms with E-state index in [1.165, 1.54) is 43.5 Å². The van der Waals surface area contributed by atoms with E-state index in [1.54, 1.807) is 6.07 Å². The summed E-state index contributed by atoms with van der Waals surface area (Å²) in [5.41, 5.74) is 8.69. The molecule has 8 nitrogen and oxygen atoms in total. The zero-order valence-electron chi connectivity index (χ0n) is 47.8. The van der Waals surface area contributed by atoms with Gasteiger partial charge in [0, 0.05) is 45.7 Å². The van der Waals surface area contributed by atoms with Crippen molar-refractivity contribution in [3.63, 3.8) is 0 Å². The number of aromatic nitrogens is 1. The highest BCUT2D eigenvalue weighted by atomic mass is 19.1. The number of hydrogen-bond donors (Lipinski definition) is 3. The number of fused-ring (bicyclic) bond motifs is 4. The van der Waals surface area contributed by atoms with Crippen molar-refractivity contribution in [2.45, 2.75) is 178 Å². The van der Waals surface area contributed by atoms with E-state index in [2.05, 4.69) is 64.0 Å². The van der Waals surface area contributed by atoms with Crippen LogP contribution in [-0.4, -0.2) is 60.7 Å². The fourth-order valence-corrected chi connectivity index (χ4v) is 16.2. The summed E-state index contributed by atoms with van der Waals surface area (Å²) >= 11 is 0. The lowest BCUT2D eigenvalue weighted by molar-refractivity contribution is -0.131. The van der Waals surface area contributed by atoms with Crippen LogP contribution in [0.15, 0.2) is 97.0 Å². The largest absolute Gasteiger partial charge is 0.483 e. The molecular weight excluding hydrogens is 1010 g/mol. The molecule has 5 aliphatic carbocycles. The molecule has 8 atom stereocenters. The number of Topliss-reactive ketones (excluding diaryl/α,β-unsaturated/α-hetero) is 1. The molecule has 0 radical (unpaired) electrons. The molecule has 2 heterocycles. The summed E-state index contributed by atoms with van der Waals surface area (Å²) in [7, 11) is 2.87. The number of amides is 1. The van der Waals surface area contributed by atoms with Crippen molar-refractivity contribution in [2.24, 2.45) is 17.3 Å². The number of H-pyrrole nitrogens is 1. The Labute approximate surface area is 470 Å². The van der Waals surface area contributed by atoms with Gasteiger partial charge >= 0.3 is 6.09 Å². The molecule has 4 aromatic carbocycles. The van der Waals surface area contributed by atoms with Crippen molar-refractivity contribution in [3.05, 3.63) is 171 Å². The lowest BCUT2D eigenvalue weighted by Crippen LogP contribution is -2.48. The number of alkyl carbamates (subject to hydrolysis) is 1. The number of rotatable bonds is 16. The first-order valence-electron chi connectivity index (χ1n) is 29.6. The average molecular weight is 1090 g/mol. The number of benzene rings is 4. The highest BCUT2D eigenvalue weighted by Gasteiger charge is 2.50. The van der Waals surface area contributed by atoms with Crippen LogP contribution in [-0.2, 0) is 32.5 Å². The second kappa shape index (κ2) is 21.9. The predicted octanol–water partition coefficient (Wildman–Crippen LogP) is 15.6. The molecule has 3 saturated carbocycles. The molecule has 2 unspecified atom stereocenters. The highest BCUT2D eigenvalue weighted by Crippen LogP contribution is 2.58. The van der Waals surface area contributed by atoms with Crippen molar-refractivity contribution < 1.29 is 36.6 Å². The average Bonchev–Trinajstić information content (AvgIpc) is 4.34. The molecule has 4 fully saturated rings. The van der Waals surface area contributed by atoms with Gasteiger partial charge in [-0.05, 0) is 218 Å². The van der Waals surface area contributed by atoms with E-state index in [1.807, 2.05) is 52.8 Å². The van der Waals surface area contributed by atoms with E-state index < -0.39 is 52.8 Å². The second-order valence-corrected chi connectivity index (χ2v) is 25.5. The molecular formula is C68H80F4N4O4. The van der Waals surface area contributed by atoms with Crippen molar-refractivity contribution in [3.8, 4) is 0 Å². The van der Waals surface area contributed by atoms with Crippen LogP contribution in [0.5, 0.6) is 0 Å². The van der Waals surface area contributed by atoms with E-state index in [0.29, 0.717) is 66.6 Å². The van der Waals surface area contributed by atoms with E-state index in [9.17, 15) is 9.59 Å². The summed E-state index contributed by atoms with van der Waals surface area (Å²) in [6.45, 7) is 19.3. The number of ether oxygens (including phenoxy) is 2. The van der Waals surface area contributed by atoms with Gasteiger partial charge < -0.3 is 30.0 Å². The number of nitrogens with one attached hydrogen (secondary N) is 3. The maximum Gasteiger partial charge on any atom is 0.407 e. The van der Waals surface area contributed by atoms with Gasteiger partial charge in [-0.3, -0.25) is 4.79 Å². The maximum absolute atomic E-state index is 17.2. The smallest absolute Gasteiger partial charge is 0.407 e. The van der Waals surface area contributed by atoms with Gasteiger partial charge in [-0.15, -0.1) is 0 Å². The van der Waals surface area contributed by atoms with Gasteiger partial charge in [0.1, 0.15) is 23.3 Å². The topological polar surface area (TPSA) is 95.7 Å². The molecule has 1 saturated heterocycles. The maximum atomic E-state index is 17.2. The van der Waals surface area contributed by atoms with E-state index in [0.717, 1.165) is 91.4 Å². The molecule has 5 aromatic rings. The van der Waals surface area contributed by atoms with Crippen LogP contribution in [0.3, 0.4) is 0 Å². The van der Waals surface area contributed by atoms with Crippen molar-refractivity contribution in [1.82, 2.24) is 20.5 Å². The summed E-state index contributed by atoms with van der Waals surface area (Å²) in [4.78, 5) is 32.8. The molecule has 1 amide bonds. The molecule has 6 aliphatic rings. The molecule has 80 heavy (non-hydrogen) atoms. The highest BCUT2D eigenvalue weighted by molar-refractivity contribution is 5.91. The number of carbonyl (C=O) groups is 2. The van der Waals surface area contributed by atoms with Crippen LogP contribution in [0.4, 0.5) is 22.4 Å². The Balaban J connectivity index is 0.936. The van der Waals surface area contributed by atoms with Gasteiger partial charge in [0.25, 0.3) is 0 Å². The van der Waals surface area contributed by atoms with Crippen LogP contribution in [0.25, 0.3) is 17.0 Å². The van der Waals surface area contributed by atoms with Gasteiger partial charge in [-0.25, -0.2) is 22.4 Å². The molecule has 3 N–H and O–H groups in total. The molecule has 11 rings (SSSR count). The van der Waals surface area contributed by atoms with Crippen LogP contribution in [0.1, 0.15) is 191 Å². The zero-order chi connectivity index (χ0) is 56.5. The number of hydrogen-bond acceptors (Lipinski definition) is 6. The minimum atomic E-state index is -0.718. The Morgan fingerprint density at radius 2 is 1.43 bits per heavy atom. The number of aryl methyl sites for hydroxylation is 1. The third kappa shape index (κ3) is 9.85. The summed E-state index contributed by atoms with van der Waals surface area (Å²) in [6, 6.07) is 19.8. The number of halogens is 4. The number of ketones is 1. The molecule has 1 spiro atoms. The van der Waals surface area contributed by atoms with E-state index in [4.69, 9.17) is 9.47 Å². The van der Waals surface area contributed by atoms with Gasteiger partial charge in [-0.2, -0.15) is 0 Å². The second-order valence-electron chi connectivity index (χ2n) is 25.5. The Morgan fingerprint density at radius 1 is 0.738 bits per heavy atom. The monoisotopic (exact) mass is 1090 g/mol. The predicted molar refractivity (Wildman–Crippen MR) is 308 cm³/mol. The fourth-order valence-electron chi connectivity index (χ4n) is 16.2. The standard InChI is InChI=1S/C68H80F4N4O4/c1-37(2)63(75-66(78)80-9)39(5)76-27-13-17-60(76)46-28-43-30-50(54(69)32-44(43)29-46)48-18-19-49(61(48)47-33-56(71)62(57(72)34-47)42-21-25-68(26-22-42)24-20-41-14-10-11-15-52(41)68)51-31-45-35-59(74-58(45)36-55(51)70)53-16-12-23-67(53,7)65(77)64(38(3)4)73-40(6)79-8/h10-11,14-15,28,30-38,42,48-49,53,60-61,63-64,73-74H,5-6,12-13,16-27,29H2,1-4,7-9H3,(H,75,78)/t42?,48-,49-,53+,60+,61?,63+,64+,67?,68?/m1/s1. The van der Waals surface area contributed by atoms with Gasteiger partial charge in [0.05, 0.1) is 32.3 Å². The minimum Gasteiger partial charge on any atom is -0.483 e. The lowest BCUT2D eigenvalue weighted by Gasteiger charge is -2.38. The SMILES string of the molecule is C=C(N[C@H](C(=O)C1(C)CCC[C@H]1c1cc2cc([C@H]3CC[C@H](c4cc5c(cc4F)CC([C@@H]4CCCN4C(=C)[C@@H](NC(=O)OC)C(C)C)=C5)C3c3cc(F)c(C4CCC5(CCc6ccccc65)CC4)c(F)c3)c(F)cc2[nH]1)C(C)C)OC. The van der Waals surface area contributed by atoms with Gasteiger partial charge in [0.15, 0.2) is 11.7 Å². The molecule has 1 aromatic heterocycles. The quantitative estimate of drug-likeness (QED) is 0.0673. The van der Waals surface area contributed by atoms with Crippen LogP contribution < -0.4 is 10.6 Å². The van der Waals surface area contributed by atoms with Crippen LogP contribution in [0.2, 0.25) is 0 Å². The van der Waals surface area contributed by atoms with Gasteiger partial charge in [-0.1, -0.05) is 78.0 Å². The van der Waals surface area contributed by atoms with Crippen LogP contribution >= 0.6 is 0 Å². The first-order chi connectivity index (χ1) is 38.3. The first kappa shape index (κ1) is 55.6. The summed E-state index contributed by atoms with van der Waals surface area (Å²) in [5, 5.41) is 6.97. The number of nitrogens with zero attached hydrogens (tertiary/aromatic N) is 1. The van der Waals surface area contributed by atoms with E-state index in [-0.39, 0.29) is 58.3 Å². The third-order valence-electron chi connectivity index (χ3n) is 20.4. The van der Waals surface area contributed by atoms with Crippen LogP contribution in [0, 0.1) is 40.5 Å². The first-order valence-corrected chi connectivity index (χ1v) is 29.6. The Morgan fingerprint density at radius 3 is 2.11 bits per heavy atom. The van der Waals surface area contributed by atoms with Gasteiger partial charge in [0.2, 0.25) is 0 Å². The third-order valence-corrected chi connectivity index (χ3v) is 20.4. The number of aromatic amines is 1. The Bertz CT molecular complexity index is 3260. The lowest BCUT2D eigenvalue weighted by atomic mass is 9.66. The van der Waals surface area contributed by atoms with Crippen molar-refractivity contribution in [1.29, 1.82) is 0 Å². The Kier molecular flexibility index (Phi) is 15.2. The number of carbonyl (C=O) groups excluding carboxylic acids is 2. The molecule has 0 bridgehead atoms. The summed E-state index contributed by atoms with van der Waals surface area (Å²) in [6.07, 6.45) is 12.5. The molecule has 12 heteroatoms. The van der Waals surface area contributed by atoms with Crippen molar-refractivity contribution >= 4 is 28.9 Å². The number of likely N-dealkylation sites (tertiary alicyclic amines) is 1. The van der Waals surface area contributed by atoms with E-state index >= 15 is 17.6 Å². The van der Waals surface area contributed by atoms with Crippen molar-refractivity contribution in [2.75, 3.05) is 20.8 Å². The molecule has 424 valence electrons. The zero-order valence-corrected chi connectivity index (χ0v) is 47.8. The fraction of sp³-hybridized carbons (Fsp3) is 0.500. The number of methoxy groups -OCH3 is 2. The molecule has 1 aliphatic heterocycles. The normalized spacial score (nSPS) is 26.9. The summed E-state index contributed by atoms with van der Waals surface area (Å²) in [5.74, 6) is -3.74. The minimum absolute atomic E-state index is 0.00364. The summed E-state index contributed by atoms with van der Waals surface area (Å²) < 4.78 is 79.1.